The zero-order chi connectivity index (χ0) is 13.7. The fourth-order valence-corrected chi connectivity index (χ4v) is 3.31. The van der Waals surface area contributed by atoms with Crippen LogP contribution in [0, 0.1) is 0 Å². The lowest BCUT2D eigenvalue weighted by molar-refractivity contribution is 0.487. The molecule has 5 nitrogen and oxygen atoms in total. The van der Waals surface area contributed by atoms with Crippen molar-refractivity contribution in [3.8, 4) is 0 Å². The van der Waals surface area contributed by atoms with Gasteiger partial charge in [0.2, 0.25) is 0 Å². The molecule has 2 heterocycles. The molecule has 2 aromatic rings. The molecule has 0 aliphatic carbocycles. The molecule has 19 heavy (non-hydrogen) atoms. The van der Waals surface area contributed by atoms with Crippen molar-refractivity contribution < 1.29 is 0 Å². The molecule has 0 saturated heterocycles. The summed E-state index contributed by atoms with van der Waals surface area (Å²) in [5.74, 6) is 0.907. The summed E-state index contributed by atoms with van der Waals surface area (Å²) in [4.78, 5) is 1.34. The van der Waals surface area contributed by atoms with Gasteiger partial charge in [-0.15, -0.1) is 16.4 Å². The predicted molar refractivity (Wildman–Crippen MR) is 80.2 cm³/mol. The first-order valence-corrected chi connectivity index (χ1v) is 8.05. The minimum atomic E-state index is 0.185. The third-order valence-corrected chi connectivity index (χ3v) is 4.53. The zero-order valence-electron chi connectivity index (χ0n) is 11.1. The maximum Gasteiger partial charge on any atom is 0.167 e. The summed E-state index contributed by atoms with van der Waals surface area (Å²) in [6, 6.07) is 4.40. The largest absolute Gasteiger partial charge is 0.307 e. The van der Waals surface area contributed by atoms with Crippen molar-refractivity contribution in [3.05, 3.63) is 26.6 Å². The van der Waals surface area contributed by atoms with Crippen LogP contribution in [0.25, 0.3) is 0 Å². The SMILES string of the molecule is CCCNC(C)c1nnnn1CCc1ccc(Br)s1. The highest BCUT2D eigenvalue weighted by atomic mass is 79.9. The van der Waals surface area contributed by atoms with Gasteiger partial charge in [-0.25, -0.2) is 4.68 Å². The topological polar surface area (TPSA) is 55.6 Å². The van der Waals surface area contributed by atoms with Gasteiger partial charge >= 0.3 is 0 Å². The Morgan fingerprint density at radius 2 is 2.32 bits per heavy atom. The second kappa shape index (κ2) is 7.12. The Labute approximate surface area is 125 Å². The van der Waals surface area contributed by atoms with Crippen LogP contribution in [-0.2, 0) is 13.0 Å². The summed E-state index contributed by atoms with van der Waals surface area (Å²) >= 11 is 5.24. The Bertz CT molecular complexity index is 510. The van der Waals surface area contributed by atoms with E-state index in [1.54, 1.807) is 11.3 Å². The smallest absolute Gasteiger partial charge is 0.167 e. The number of nitrogens with zero attached hydrogens (tertiary/aromatic N) is 4. The first kappa shape index (κ1) is 14.6. The van der Waals surface area contributed by atoms with Gasteiger partial charge in [0.15, 0.2) is 5.82 Å². The highest BCUT2D eigenvalue weighted by Crippen LogP contribution is 2.22. The van der Waals surface area contributed by atoms with E-state index in [-0.39, 0.29) is 6.04 Å². The molecule has 1 N–H and O–H groups in total. The summed E-state index contributed by atoms with van der Waals surface area (Å²) in [5, 5.41) is 15.4. The second-order valence-corrected chi connectivity index (χ2v) is 6.94. The fourth-order valence-electron chi connectivity index (χ4n) is 1.84. The summed E-state index contributed by atoms with van der Waals surface area (Å²) in [6.07, 6.45) is 2.06. The molecule has 0 amide bonds. The molecular weight excluding hydrogens is 326 g/mol. The number of hydrogen-bond acceptors (Lipinski definition) is 5. The molecule has 0 saturated carbocycles. The van der Waals surface area contributed by atoms with Crippen molar-refractivity contribution in [2.75, 3.05) is 6.54 Å². The highest BCUT2D eigenvalue weighted by molar-refractivity contribution is 9.11. The van der Waals surface area contributed by atoms with E-state index in [1.165, 1.54) is 4.88 Å². The summed E-state index contributed by atoms with van der Waals surface area (Å²) in [6.45, 7) is 6.04. The fraction of sp³-hybridized carbons (Fsp3) is 0.583. The van der Waals surface area contributed by atoms with Crippen LogP contribution in [0.2, 0.25) is 0 Å². The number of nitrogens with one attached hydrogen (secondary N) is 1. The molecule has 104 valence electrons. The molecule has 0 spiro atoms. The molecule has 2 rings (SSSR count). The molecule has 0 fully saturated rings. The number of tetrazole rings is 1. The molecule has 1 atom stereocenters. The van der Waals surface area contributed by atoms with E-state index in [0.29, 0.717) is 0 Å². The number of aromatic nitrogens is 4. The third-order valence-electron chi connectivity index (χ3n) is 2.85. The minimum absolute atomic E-state index is 0.185. The first-order valence-electron chi connectivity index (χ1n) is 6.44. The number of halogens is 1. The van der Waals surface area contributed by atoms with Crippen molar-refractivity contribution in [1.29, 1.82) is 0 Å². The van der Waals surface area contributed by atoms with E-state index in [0.717, 1.165) is 35.5 Å². The molecule has 0 bridgehead atoms. The van der Waals surface area contributed by atoms with Gasteiger partial charge in [-0.05, 0) is 58.4 Å². The van der Waals surface area contributed by atoms with Crippen LogP contribution < -0.4 is 5.32 Å². The van der Waals surface area contributed by atoms with Crippen LogP contribution in [0.5, 0.6) is 0 Å². The lowest BCUT2D eigenvalue weighted by Gasteiger charge is -2.12. The van der Waals surface area contributed by atoms with Gasteiger partial charge in [0.1, 0.15) is 0 Å². The van der Waals surface area contributed by atoms with Gasteiger partial charge in [0.05, 0.1) is 9.83 Å². The molecular formula is C12H18BrN5S. The average Bonchev–Trinajstić information content (AvgIpc) is 3.02. The Balaban J connectivity index is 1.95. The van der Waals surface area contributed by atoms with Crippen LogP contribution in [0.1, 0.15) is 37.0 Å². The van der Waals surface area contributed by atoms with Gasteiger partial charge in [-0.1, -0.05) is 6.92 Å². The summed E-state index contributed by atoms with van der Waals surface area (Å²) < 4.78 is 3.05. The van der Waals surface area contributed by atoms with Crippen LogP contribution in [0.3, 0.4) is 0 Å². The van der Waals surface area contributed by atoms with Crippen molar-refractivity contribution in [3.63, 3.8) is 0 Å². The van der Waals surface area contributed by atoms with E-state index in [1.807, 2.05) is 4.68 Å². The molecule has 0 aliphatic heterocycles. The maximum absolute atomic E-state index is 4.12. The van der Waals surface area contributed by atoms with Gasteiger partial charge < -0.3 is 5.32 Å². The molecule has 7 heteroatoms. The molecule has 0 aromatic carbocycles. The van der Waals surface area contributed by atoms with Crippen LogP contribution in [0.15, 0.2) is 15.9 Å². The number of rotatable bonds is 7. The molecule has 1 unspecified atom stereocenters. The van der Waals surface area contributed by atoms with Crippen molar-refractivity contribution in [2.45, 2.75) is 39.3 Å². The van der Waals surface area contributed by atoms with Gasteiger partial charge in [0.25, 0.3) is 0 Å². The maximum atomic E-state index is 4.12. The van der Waals surface area contributed by atoms with Crippen molar-refractivity contribution >= 4 is 27.3 Å². The van der Waals surface area contributed by atoms with E-state index >= 15 is 0 Å². The standard InChI is InChI=1S/C12H18BrN5S/c1-3-7-14-9(2)12-15-16-17-18(12)8-6-10-4-5-11(13)19-10/h4-5,9,14H,3,6-8H2,1-2H3. The lowest BCUT2D eigenvalue weighted by Crippen LogP contribution is -2.23. The van der Waals surface area contributed by atoms with Gasteiger partial charge in [-0.3, -0.25) is 0 Å². The highest BCUT2D eigenvalue weighted by Gasteiger charge is 2.13. The van der Waals surface area contributed by atoms with Gasteiger partial charge in [-0.2, -0.15) is 0 Å². The number of thiophene rings is 1. The van der Waals surface area contributed by atoms with E-state index in [9.17, 15) is 0 Å². The van der Waals surface area contributed by atoms with Crippen LogP contribution >= 0.6 is 27.3 Å². The van der Waals surface area contributed by atoms with Gasteiger partial charge in [0, 0.05) is 17.8 Å². The van der Waals surface area contributed by atoms with E-state index in [4.69, 9.17) is 0 Å². The molecule has 0 aliphatic rings. The quantitative estimate of drug-likeness (QED) is 0.839. The Morgan fingerprint density at radius 1 is 1.47 bits per heavy atom. The predicted octanol–water partition coefficient (Wildman–Crippen LogP) is 2.80. The number of aryl methyl sites for hydroxylation is 2. The van der Waals surface area contributed by atoms with Crippen molar-refractivity contribution in [2.24, 2.45) is 0 Å². The average molecular weight is 344 g/mol. The zero-order valence-corrected chi connectivity index (χ0v) is 13.5. The van der Waals surface area contributed by atoms with E-state index < -0.39 is 0 Å². The first-order chi connectivity index (χ1) is 9.20. The Morgan fingerprint density at radius 3 is 3.00 bits per heavy atom. The monoisotopic (exact) mass is 343 g/mol. The summed E-state index contributed by atoms with van der Waals surface area (Å²) in [7, 11) is 0. The minimum Gasteiger partial charge on any atom is -0.307 e. The molecule has 0 radical (unpaired) electrons. The lowest BCUT2D eigenvalue weighted by atomic mass is 10.3. The second-order valence-electron chi connectivity index (χ2n) is 4.39. The third kappa shape index (κ3) is 4.09. The number of hydrogen-bond donors (Lipinski definition) is 1. The Kier molecular flexibility index (Phi) is 5.47. The van der Waals surface area contributed by atoms with Crippen LogP contribution in [-0.4, -0.2) is 26.8 Å². The Hall–Kier alpha value is -0.790. The normalized spacial score (nSPS) is 12.8. The van der Waals surface area contributed by atoms with Crippen molar-refractivity contribution in [1.82, 2.24) is 25.5 Å². The molecule has 2 aromatic heterocycles. The summed E-state index contributed by atoms with van der Waals surface area (Å²) in [5.41, 5.74) is 0. The van der Waals surface area contributed by atoms with Crippen LogP contribution in [0.4, 0.5) is 0 Å². The van der Waals surface area contributed by atoms with E-state index in [2.05, 4.69) is 62.8 Å².